The zero-order valence-electron chi connectivity index (χ0n) is 12.4. The van der Waals surface area contributed by atoms with Gasteiger partial charge in [0.2, 0.25) is 0 Å². The summed E-state index contributed by atoms with van der Waals surface area (Å²) in [5.74, 6) is 1.42. The number of aryl methyl sites for hydroxylation is 1. The minimum atomic E-state index is 0.512. The highest BCUT2D eigenvalue weighted by atomic mass is 79.9. The van der Waals surface area contributed by atoms with Gasteiger partial charge in [-0.1, -0.05) is 51.8 Å². The fourth-order valence-corrected chi connectivity index (χ4v) is 3.20. The van der Waals surface area contributed by atoms with Crippen LogP contribution < -0.4 is 4.74 Å². The molecule has 0 radical (unpaired) electrons. The smallest absolute Gasteiger partial charge is 0.122 e. The van der Waals surface area contributed by atoms with E-state index in [1.54, 1.807) is 7.11 Å². The first kappa shape index (κ1) is 16.4. The van der Waals surface area contributed by atoms with Gasteiger partial charge in [-0.3, -0.25) is 0 Å². The zero-order chi connectivity index (χ0) is 15.2. The van der Waals surface area contributed by atoms with E-state index in [1.807, 2.05) is 18.2 Å². The lowest BCUT2D eigenvalue weighted by Gasteiger charge is -2.17. The minimum absolute atomic E-state index is 0.512. The lowest BCUT2D eigenvalue weighted by atomic mass is 9.92. The van der Waals surface area contributed by atoms with E-state index in [4.69, 9.17) is 16.3 Å². The Morgan fingerprint density at radius 1 is 1.10 bits per heavy atom. The van der Waals surface area contributed by atoms with E-state index in [0.29, 0.717) is 5.92 Å². The highest BCUT2D eigenvalue weighted by Crippen LogP contribution is 2.27. The van der Waals surface area contributed by atoms with E-state index in [9.17, 15) is 0 Å². The van der Waals surface area contributed by atoms with Crippen molar-refractivity contribution in [3.63, 3.8) is 0 Å². The second-order valence-corrected chi connectivity index (χ2v) is 6.40. The number of methoxy groups -OCH3 is 1. The van der Waals surface area contributed by atoms with Crippen LogP contribution in [0.3, 0.4) is 0 Å². The summed E-state index contributed by atoms with van der Waals surface area (Å²) >= 11 is 9.77. The summed E-state index contributed by atoms with van der Waals surface area (Å²) in [5.41, 5.74) is 3.92. The topological polar surface area (TPSA) is 9.23 Å². The molecular formula is C18H20BrClO. The average molecular weight is 368 g/mol. The van der Waals surface area contributed by atoms with Crippen LogP contribution in [0.4, 0.5) is 0 Å². The molecule has 0 heterocycles. The van der Waals surface area contributed by atoms with Crippen molar-refractivity contribution in [3.8, 4) is 5.75 Å². The summed E-state index contributed by atoms with van der Waals surface area (Å²) in [7, 11) is 1.71. The first-order chi connectivity index (χ1) is 10.1. The second kappa shape index (κ2) is 7.86. The van der Waals surface area contributed by atoms with Gasteiger partial charge in [-0.2, -0.15) is 0 Å². The monoisotopic (exact) mass is 366 g/mol. The molecular weight excluding hydrogens is 348 g/mol. The van der Waals surface area contributed by atoms with E-state index in [2.05, 4.69) is 47.1 Å². The molecule has 3 heteroatoms. The Kier molecular flexibility index (Phi) is 6.13. The first-order valence-electron chi connectivity index (χ1n) is 7.07. The Bertz CT molecular complexity index is 598. The van der Waals surface area contributed by atoms with Crippen LogP contribution in [0, 0.1) is 12.8 Å². The quantitative estimate of drug-likeness (QED) is 0.617. The van der Waals surface area contributed by atoms with E-state index in [-0.39, 0.29) is 0 Å². The number of hydrogen-bond acceptors (Lipinski definition) is 1. The predicted octanol–water partition coefficient (Wildman–Crippen LogP) is 5.45. The van der Waals surface area contributed by atoms with Gasteiger partial charge in [-0.05, 0) is 60.6 Å². The van der Waals surface area contributed by atoms with Gasteiger partial charge < -0.3 is 4.74 Å². The molecule has 1 nitrogen and oxygen atoms in total. The molecule has 0 amide bonds. The molecule has 2 aromatic carbocycles. The fraction of sp³-hybridized carbons (Fsp3) is 0.333. The molecule has 0 N–H and O–H groups in total. The molecule has 0 fully saturated rings. The maximum Gasteiger partial charge on any atom is 0.122 e. The largest absolute Gasteiger partial charge is 0.496 e. The van der Waals surface area contributed by atoms with Crippen molar-refractivity contribution in [2.75, 3.05) is 12.4 Å². The summed E-state index contributed by atoms with van der Waals surface area (Å²) in [6, 6.07) is 14.4. The van der Waals surface area contributed by atoms with Gasteiger partial charge in [-0.25, -0.2) is 0 Å². The molecule has 2 aromatic rings. The molecule has 0 aliphatic rings. The SMILES string of the molecule is COc1ccc(Cl)cc1CC(CBr)Cc1ccccc1C. The fourth-order valence-electron chi connectivity index (χ4n) is 2.55. The zero-order valence-corrected chi connectivity index (χ0v) is 14.7. The second-order valence-electron chi connectivity index (χ2n) is 5.31. The van der Waals surface area contributed by atoms with E-state index >= 15 is 0 Å². The van der Waals surface area contributed by atoms with E-state index < -0.39 is 0 Å². The molecule has 21 heavy (non-hydrogen) atoms. The van der Waals surface area contributed by atoms with Crippen molar-refractivity contribution in [2.24, 2.45) is 5.92 Å². The molecule has 0 aliphatic carbocycles. The van der Waals surface area contributed by atoms with Gasteiger partial charge in [0.15, 0.2) is 0 Å². The molecule has 0 saturated heterocycles. The van der Waals surface area contributed by atoms with Crippen LogP contribution in [-0.4, -0.2) is 12.4 Å². The van der Waals surface area contributed by atoms with Gasteiger partial charge in [0.25, 0.3) is 0 Å². The Morgan fingerprint density at radius 2 is 1.81 bits per heavy atom. The number of ether oxygens (including phenoxy) is 1. The minimum Gasteiger partial charge on any atom is -0.496 e. The third-order valence-corrected chi connectivity index (χ3v) is 4.89. The van der Waals surface area contributed by atoms with Crippen molar-refractivity contribution < 1.29 is 4.74 Å². The Balaban J connectivity index is 2.16. The van der Waals surface area contributed by atoms with Crippen molar-refractivity contribution in [1.29, 1.82) is 0 Å². The van der Waals surface area contributed by atoms with Crippen LogP contribution >= 0.6 is 27.5 Å². The Morgan fingerprint density at radius 3 is 2.48 bits per heavy atom. The summed E-state index contributed by atoms with van der Waals surface area (Å²) in [6.07, 6.45) is 2.00. The Labute approximate surface area is 140 Å². The molecule has 0 bridgehead atoms. The van der Waals surface area contributed by atoms with Gasteiger partial charge in [0.1, 0.15) is 5.75 Å². The van der Waals surface area contributed by atoms with Crippen LogP contribution in [0.15, 0.2) is 42.5 Å². The standard InChI is InChI=1S/C18H20BrClO/c1-13-5-3-4-6-15(13)9-14(12-19)10-16-11-17(20)7-8-18(16)21-2/h3-8,11,14H,9-10,12H2,1-2H3. The van der Waals surface area contributed by atoms with Gasteiger partial charge in [0, 0.05) is 10.4 Å². The first-order valence-corrected chi connectivity index (χ1v) is 8.57. The van der Waals surface area contributed by atoms with Crippen LogP contribution in [0.1, 0.15) is 16.7 Å². The third kappa shape index (κ3) is 4.49. The number of halogens is 2. The molecule has 0 saturated carbocycles. The highest BCUT2D eigenvalue weighted by Gasteiger charge is 2.14. The number of benzene rings is 2. The lowest BCUT2D eigenvalue weighted by Crippen LogP contribution is -2.11. The maximum absolute atomic E-state index is 6.12. The molecule has 0 aliphatic heterocycles. The van der Waals surface area contributed by atoms with Crippen LogP contribution in [0.2, 0.25) is 5.02 Å². The molecule has 0 spiro atoms. The number of hydrogen-bond donors (Lipinski definition) is 0. The molecule has 1 atom stereocenters. The van der Waals surface area contributed by atoms with Crippen molar-refractivity contribution >= 4 is 27.5 Å². The normalized spacial score (nSPS) is 12.2. The highest BCUT2D eigenvalue weighted by molar-refractivity contribution is 9.09. The lowest BCUT2D eigenvalue weighted by molar-refractivity contribution is 0.406. The van der Waals surface area contributed by atoms with Crippen LogP contribution in [0.25, 0.3) is 0 Å². The molecule has 0 aromatic heterocycles. The van der Waals surface area contributed by atoms with Crippen LogP contribution in [-0.2, 0) is 12.8 Å². The molecule has 2 rings (SSSR count). The van der Waals surface area contributed by atoms with Gasteiger partial charge >= 0.3 is 0 Å². The van der Waals surface area contributed by atoms with Gasteiger partial charge in [-0.15, -0.1) is 0 Å². The summed E-state index contributed by atoms with van der Waals surface area (Å²) < 4.78 is 5.45. The summed E-state index contributed by atoms with van der Waals surface area (Å²) in [4.78, 5) is 0. The summed E-state index contributed by atoms with van der Waals surface area (Å²) in [5, 5.41) is 1.71. The number of rotatable bonds is 6. The average Bonchev–Trinajstić information content (AvgIpc) is 2.49. The van der Waals surface area contributed by atoms with Gasteiger partial charge in [0.05, 0.1) is 7.11 Å². The van der Waals surface area contributed by atoms with E-state index in [0.717, 1.165) is 28.9 Å². The van der Waals surface area contributed by atoms with Crippen molar-refractivity contribution in [2.45, 2.75) is 19.8 Å². The van der Waals surface area contributed by atoms with Crippen molar-refractivity contribution in [3.05, 3.63) is 64.2 Å². The maximum atomic E-state index is 6.12. The molecule has 1 unspecified atom stereocenters. The Hall–Kier alpha value is -0.990. The number of alkyl halides is 1. The summed E-state index contributed by atoms with van der Waals surface area (Å²) in [6.45, 7) is 2.17. The van der Waals surface area contributed by atoms with Crippen LogP contribution in [0.5, 0.6) is 5.75 Å². The predicted molar refractivity (Wildman–Crippen MR) is 93.9 cm³/mol. The third-order valence-electron chi connectivity index (χ3n) is 3.74. The molecule has 112 valence electrons. The van der Waals surface area contributed by atoms with Crippen molar-refractivity contribution in [1.82, 2.24) is 0 Å². The van der Waals surface area contributed by atoms with E-state index in [1.165, 1.54) is 16.7 Å².